The van der Waals surface area contributed by atoms with E-state index in [0.29, 0.717) is 5.92 Å². The number of likely N-dealkylation sites (tertiary alicyclic amines) is 1. The van der Waals surface area contributed by atoms with Crippen LogP contribution in [0.3, 0.4) is 0 Å². The van der Waals surface area contributed by atoms with Crippen molar-refractivity contribution in [1.82, 2.24) is 10.2 Å². The quantitative estimate of drug-likeness (QED) is 0.807. The summed E-state index contributed by atoms with van der Waals surface area (Å²) in [5, 5.41) is 2.68. The fraction of sp³-hybridized carbons (Fsp3) is 0.462. The van der Waals surface area contributed by atoms with Gasteiger partial charge in [-0.2, -0.15) is 0 Å². The molecule has 2 rings (SSSR count). The summed E-state index contributed by atoms with van der Waals surface area (Å²) < 4.78 is 0. The van der Waals surface area contributed by atoms with Crippen LogP contribution in [0.25, 0.3) is 0 Å². The number of benzene rings is 1. The average molecular weight is 218 g/mol. The number of amides is 2. The number of hydrogen-bond acceptors (Lipinski definition) is 1. The molecule has 3 heteroatoms. The summed E-state index contributed by atoms with van der Waals surface area (Å²) in [6.07, 6.45) is 2.19. The highest BCUT2D eigenvalue weighted by molar-refractivity contribution is 5.74. The van der Waals surface area contributed by atoms with Gasteiger partial charge in [0.2, 0.25) is 0 Å². The summed E-state index contributed by atoms with van der Waals surface area (Å²) >= 11 is 0. The van der Waals surface area contributed by atoms with Gasteiger partial charge in [-0.05, 0) is 24.3 Å². The van der Waals surface area contributed by atoms with E-state index >= 15 is 0 Å². The average Bonchev–Trinajstić information content (AvgIpc) is 2.78. The first-order valence-electron chi connectivity index (χ1n) is 5.80. The van der Waals surface area contributed by atoms with E-state index in [4.69, 9.17) is 0 Å². The molecule has 1 aromatic rings. The molecule has 2 amide bonds. The Balaban J connectivity index is 1.88. The second-order valence-electron chi connectivity index (χ2n) is 4.35. The molecule has 0 bridgehead atoms. The van der Waals surface area contributed by atoms with E-state index in [1.165, 1.54) is 5.56 Å². The van der Waals surface area contributed by atoms with Gasteiger partial charge in [0, 0.05) is 20.1 Å². The fourth-order valence-electron chi connectivity index (χ4n) is 2.29. The fourth-order valence-corrected chi connectivity index (χ4v) is 2.29. The van der Waals surface area contributed by atoms with Crippen LogP contribution in [0, 0.1) is 5.92 Å². The van der Waals surface area contributed by atoms with E-state index < -0.39 is 0 Å². The Morgan fingerprint density at radius 2 is 2.19 bits per heavy atom. The zero-order valence-electron chi connectivity index (χ0n) is 9.65. The van der Waals surface area contributed by atoms with Crippen LogP contribution in [0.15, 0.2) is 30.3 Å². The minimum absolute atomic E-state index is 0.0514. The van der Waals surface area contributed by atoms with Gasteiger partial charge < -0.3 is 10.2 Å². The van der Waals surface area contributed by atoms with Crippen LogP contribution < -0.4 is 5.32 Å². The third-order valence-corrected chi connectivity index (χ3v) is 3.15. The standard InChI is InChI=1S/C13H18N2O/c1-14-13(16)15-8-7-12(10-15)9-11-5-3-2-4-6-11/h2-6,12H,7-10H2,1H3,(H,14,16). The lowest BCUT2D eigenvalue weighted by Crippen LogP contribution is -2.36. The van der Waals surface area contributed by atoms with Crippen molar-refractivity contribution in [3.8, 4) is 0 Å². The molecule has 1 fully saturated rings. The molecule has 0 radical (unpaired) electrons. The highest BCUT2D eigenvalue weighted by Gasteiger charge is 2.25. The molecule has 0 aliphatic carbocycles. The van der Waals surface area contributed by atoms with Crippen LogP contribution in [0.1, 0.15) is 12.0 Å². The molecule has 1 saturated heterocycles. The SMILES string of the molecule is CNC(=O)N1CCC(Cc2ccccc2)C1. The van der Waals surface area contributed by atoms with Crippen LogP contribution >= 0.6 is 0 Å². The second kappa shape index (κ2) is 5.01. The first-order valence-corrected chi connectivity index (χ1v) is 5.80. The summed E-state index contributed by atoms with van der Waals surface area (Å²) in [6, 6.07) is 10.5. The summed E-state index contributed by atoms with van der Waals surface area (Å²) in [7, 11) is 1.69. The molecular formula is C13H18N2O. The zero-order valence-corrected chi connectivity index (χ0v) is 9.65. The summed E-state index contributed by atoms with van der Waals surface area (Å²) in [5.74, 6) is 0.611. The Labute approximate surface area is 96.5 Å². The Morgan fingerprint density at radius 3 is 2.88 bits per heavy atom. The number of nitrogens with one attached hydrogen (secondary N) is 1. The number of urea groups is 1. The predicted octanol–water partition coefficient (Wildman–Crippen LogP) is 1.89. The molecule has 0 aromatic heterocycles. The number of nitrogens with zero attached hydrogens (tertiary/aromatic N) is 1. The van der Waals surface area contributed by atoms with Gasteiger partial charge in [-0.25, -0.2) is 4.79 Å². The molecule has 1 aromatic carbocycles. The first-order chi connectivity index (χ1) is 7.79. The van der Waals surface area contributed by atoms with Crippen LogP contribution in [0.5, 0.6) is 0 Å². The van der Waals surface area contributed by atoms with Crippen molar-refractivity contribution in [3.63, 3.8) is 0 Å². The van der Waals surface area contributed by atoms with Gasteiger partial charge in [0.15, 0.2) is 0 Å². The molecule has 1 aliphatic rings. The molecule has 1 unspecified atom stereocenters. The predicted molar refractivity (Wildman–Crippen MR) is 64.3 cm³/mol. The lowest BCUT2D eigenvalue weighted by atomic mass is 9.99. The van der Waals surface area contributed by atoms with E-state index in [9.17, 15) is 4.79 Å². The maximum Gasteiger partial charge on any atom is 0.317 e. The van der Waals surface area contributed by atoms with Gasteiger partial charge in [-0.1, -0.05) is 30.3 Å². The number of rotatable bonds is 2. The molecule has 1 heterocycles. The van der Waals surface area contributed by atoms with Crippen molar-refractivity contribution in [1.29, 1.82) is 0 Å². The highest BCUT2D eigenvalue weighted by Crippen LogP contribution is 2.20. The zero-order chi connectivity index (χ0) is 11.4. The van der Waals surface area contributed by atoms with Crippen molar-refractivity contribution in [2.24, 2.45) is 5.92 Å². The third kappa shape index (κ3) is 2.54. The normalized spacial score (nSPS) is 19.8. The van der Waals surface area contributed by atoms with E-state index in [1.807, 2.05) is 11.0 Å². The lowest BCUT2D eigenvalue weighted by Gasteiger charge is -2.15. The van der Waals surface area contributed by atoms with Gasteiger partial charge in [0.1, 0.15) is 0 Å². The number of carbonyl (C=O) groups excluding carboxylic acids is 1. The smallest absolute Gasteiger partial charge is 0.317 e. The van der Waals surface area contributed by atoms with Gasteiger partial charge in [-0.3, -0.25) is 0 Å². The number of carbonyl (C=O) groups is 1. The van der Waals surface area contributed by atoms with Crippen LogP contribution in [-0.2, 0) is 6.42 Å². The first kappa shape index (κ1) is 11.0. The largest absolute Gasteiger partial charge is 0.341 e. The Morgan fingerprint density at radius 1 is 1.44 bits per heavy atom. The molecule has 3 nitrogen and oxygen atoms in total. The van der Waals surface area contributed by atoms with Crippen molar-refractivity contribution < 1.29 is 4.79 Å². The molecule has 0 saturated carbocycles. The van der Waals surface area contributed by atoms with Gasteiger partial charge in [0.05, 0.1) is 0 Å². The van der Waals surface area contributed by atoms with E-state index in [0.717, 1.165) is 25.9 Å². The molecule has 1 atom stereocenters. The van der Waals surface area contributed by atoms with Crippen LogP contribution in [0.2, 0.25) is 0 Å². The van der Waals surface area contributed by atoms with Gasteiger partial charge in [-0.15, -0.1) is 0 Å². The van der Waals surface area contributed by atoms with E-state index in [-0.39, 0.29) is 6.03 Å². The van der Waals surface area contributed by atoms with Crippen molar-refractivity contribution in [2.75, 3.05) is 20.1 Å². The molecule has 1 N–H and O–H groups in total. The van der Waals surface area contributed by atoms with Crippen LogP contribution in [0.4, 0.5) is 4.79 Å². The van der Waals surface area contributed by atoms with Gasteiger partial charge in [0.25, 0.3) is 0 Å². The lowest BCUT2D eigenvalue weighted by molar-refractivity contribution is 0.209. The molecule has 0 spiro atoms. The van der Waals surface area contributed by atoms with Crippen LogP contribution in [-0.4, -0.2) is 31.1 Å². The highest BCUT2D eigenvalue weighted by atomic mass is 16.2. The maximum atomic E-state index is 11.4. The molecule has 1 aliphatic heterocycles. The van der Waals surface area contributed by atoms with Crippen molar-refractivity contribution >= 4 is 6.03 Å². The van der Waals surface area contributed by atoms with Crippen molar-refractivity contribution in [2.45, 2.75) is 12.8 Å². The summed E-state index contributed by atoms with van der Waals surface area (Å²) in [4.78, 5) is 13.3. The van der Waals surface area contributed by atoms with E-state index in [2.05, 4.69) is 29.6 Å². The topological polar surface area (TPSA) is 32.3 Å². The molecular weight excluding hydrogens is 200 g/mol. The molecule has 86 valence electrons. The maximum absolute atomic E-state index is 11.4. The van der Waals surface area contributed by atoms with Crippen molar-refractivity contribution in [3.05, 3.63) is 35.9 Å². The minimum atomic E-state index is 0.0514. The molecule has 16 heavy (non-hydrogen) atoms. The monoisotopic (exact) mass is 218 g/mol. The third-order valence-electron chi connectivity index (χ3n) is 3.15. The number of hydrogen-bond donors (Lipinski definition) is 1. The summed E-state index contributed by atoms with van der Waals surface area (Å²) in [5.41, 5.74) is 1.37. The minimum Gasteiger partial charge on any atom is -0.341 e. The second-order valence-corrected chi connectivity index (χ2v) is 4.35. The Hall–Kier alpha value is -1.51. The van der Waals surface area contributed by atoms with Gasteiger partial charge >= 0.3 is 6.03 Å². The summed E-state index contributed by atoms with van der Waals surface area (Å²) in [6.45, 7) is 1.77. The Bertz CT molecular complexity index is 350. The van der Waals surface area contributed by atoms with E-state index in [1.54, 1.807) is 7.05 Å². The Kier molecular flexibility index (Phi) is 3.44.